The van der Waals surface area contributed by atoms with Gasteiger partial charge in [-0.2, -0.15) is 0 Å². The number of hydrogen-bond acceptors (Lipinski definition) is 6. The van der Waals surface area contributed by atoms with Crippen LogP contribution in [0.3, 0.4) is 0 Å². The van der Waals surface area contributed by atoms with Crippen LogP contribution >= 0.6 is 0 Å². The number of amides is 1. The van der Waals surface area contributed by atoms with Crippen LogP contribution in [0.15, 0.2) is 39.9 Å². The largest absolute Gasteiger partial charge is 0.383 e. The molecule has 1 fully saturated rings. The molecule has 1 saturated heterocycles. The lowest BCUT2D eigenvalue weighted by molar-refractivity contribution is -0.124. The van der Waals surface area contributed by atoms with Crippen molar-refractivity contribution < 1.29 is 9.53 Å². The number of ether oxygens (including phenoxy) is 1. The first kappa shape index (κ1) is 23.7. The number of nitrogens with one attached hydrogen (secondary N) is 1. The highest BCUT2D eigenvalue weighted by molar-refractivity contribution is 5.96. The molecule has 2 heterocycles. The number of carbonyl (C=O) groups is 1. The van der Waals surface area contributed by atoms with Gasteiger partial charge in [-0.15, -0.1) is 0 Å². The first-order chi connectivity index (χ1) is 15.3. The predicted molar refractivity (Wildman–Crippen MR) is 125 cm³/mol. The highest BCUT2D eigenvalue weighted by Gasteiger charge is 2.30. The molecule has 0 aliphatic carbocycles. The van der Waals surface area contributed by atoms with Gasteiger partial charge in [-0.3, -0.25) is 24.0 Å². The second-order valence-corrected chi connectivity index (χ2v) is 8.18. The van der Waals surface area contributed by atoms with E-state index in [0.29, 0.717) is 19.6 Å². The minimum absolute atomic E-state index is 0.0277. The molecule has 2 aromatic rings. The summed E-state index contributed by atoms with van der Waals surface area (Å²) in [5.74, 6) is -0.216. The molecule has 1 amide bonds. The molecule has 3 rings (SSSR count). The van der Waals surface area contributed by atoms with E-state index >= 15 is 0 Å². The molecule has 1 aliphatic heterocycles. The Kier molecular flexibility index (Phi) is 7.87. The number of nitrogens with zero attached hydrogens (tertiary/aromatic N) is 3. The van der Waals surface area contributed by atoms with Gasteiger partial charge < -0.3 is 15.4 Å². The van der Waals surface area contributed by atoms with E-state index in [-0.39, 0.29) is 42.7 Å². The fraction of sp³-hybridized carbons (Fsp3) is 0.522. The van der Waals surface area contributed by atoms with Crippen LogP contribution in [0, 0.1) is 0 Å². The second kappa shape index (κ2) is 10.6. The van der Waals surface area contributed by atoms with Crippen LogP contribution in [0.1, 0.15) is 45.3 Å². The van der Waals surface area contributed by atoms with Gasteiger partial charge in [-0.25, -0.2) is 4.79 Å². The standard InChI is InChI=1S/C23H33N5O4/c1-4-6-12-28-21(24)20(22(30)25-23(28)31)27(5-2)19(29)15-26-13-16(3)32-18(14-26)17-10-8-7-9-11-17/h7-11,16,18H,4-6,12-15,24H2,1-3H3,(H,25,30,31). The quantitative estimate of drug-likeness (QED) is 0.642. The SMILES string of the molecule is CCCCn1c(N)c(N(CC)C(=O)CN2CC(C)OC(c3ccccc3)C2)c(=O)[nH]c1=O. The number of aromatic nitrogens is 2. The third-order valence-electron chi connectivity index (χ3n) is 5.70. The smallest absolute Gasteiger partial charge is 0.330 e. The number of hydrogen-bond donors (Lipinski definition) is 2. The zero-order chi connectivity index (χ0) is 23.3. The Morgan fingerprint density at radius 2 is 1.94 bits per heavy atom. The molecule has 0 spiro atoms. The fourth-order valence-corrected chi connectivity index (χ4v) is 4.13. The Labute approximate surface area is 187 Å². The molecular weight excluding hydrogens is 410 g/mol. The normalized spacial score (nSPS) is 19.1. The van der Waals surface area contributed by atoms with Crippen LogP contribution in [0.2, 0.25) is 0 Å². The number of benzene rings is 1. The minimum Gasteiger partial charge on any atom is -0.383 e. The van der Waals surface area contributed by atoms with E-state index < -0.39 is 11.2 Å². The van der Waals surface area contributed by atoms with Crippen molar-refractivity contribution >= 4 is 17.4 Å². The van der Waals surface area contributed by atoms with Gasteiger partial charge in [0, 0.05) is 26.2 Å². The Bertz CT molecular complexity index is 1030. The maximum Gasteiger partial charge on any atom is 0.330 e. The van der Waals surface area contributed by atoms with Gasteiger partial charge in [0.25, 0.3) is 5.56 Å². The maximum atomic E-state index is 13.3. The average molecular weight is 444 g/mol. The topological polar surface area (TPSA) is 114 Å². The summed E-state index contributed by atoms with van der Waals surface area (Å²) < 4.78 is 7.41. The lowest BCUT2D eigenvalue weighted by Gasteiger charge is -2.37. The summed E-state index contributed by atoms with van der Waals surface area (Å²) in [6.07, 6.45) is 1.44. The number of unbranched alkanes of at least 4 members (excludes halogenated alkanes) is 1. The van der Waals surface area contributed by atoms with Crippen LogP contribution in [-0.4, -0.2) is 52.6 Å². The van der Waals surface area contributed by atoms with Crippen LogP contribution < -0.4 is 21.9 Å². The number of nitrogens with two attached hydrogens (primary N) is 1. The Balaban J connectivity index is 1.82. The molecule has 174 valence electrons. The number of likely N-dealkylation sites (N-methyl/N-ethyl adjacent to an activating group) is 1. The van der Waals surface area contributed by atoms with Crippen molar-refractivity contribution in [1.82, 2.24) is 14.5 Å². The summed E-state index contributed by atoms with van der Waals surface area (Å²) in [5.41, 5.74) is 6.11. The number of H-pyrrole nitrogens is 1. The summed E-state index contributed by atoms with van der Waals surface area (Å²) in [6.45, 7) is 7.72. The van der Waals surface area contributed by atoms with Crippen molar-refractivity contribution in [3.8, 4) is 0 Å². The minimum atomic E-state index is -0.645. The van der Waals surface area contributed by atoms with Crippen LogP contribution in [0.25, 0.3) is 0 Å². The van der Waals surface area contributed by atoms with Crippen molar-refractivity contribution in [3.05, 3.63) is 56.7 Å². The Hall–Kier alpha value is -2.91. The van der Waals surface area contributed by atoms with Gasteiger partial charge in [0.2, 0.25) is 5.91 Å². The molecule has 1 aromatic carbocycles. The number of morpholine rings is 1. The lowest BCUT2D eigenvalue weighted by Crippen LogP contribution is -2.49. The van der Waals surface area contributed by atoms with Crippen molar-refractivity contribution in [2.75, 3.05) is 36.8 Å². The molecule has 32 heavy (non-hydrogen) atoms. The molecular formula is C23H33N5O4. The summed E-state index contributed by atoms with van der Waals surface area (Å²) in [7, 11) is 0. The number of anilines is 2. The van der Waals surface area contributed by atoms with E-state index in [9.17, 15) is 14.4 Å². The van der Waals surface area contributed by atoms with E-state index in [2.05, 4.69) is 4.98 Å². The monoisotopic (exact) mass is 443 g/mol. The zero-order valence-electron chi connectivity index (χ0n) is 19.0. The summed E-state index contributed by atoms with van der Waals surface area (Å²) in [4.78, 5) is 43.8. The Morgan fingerprint density at radius 3 is 2.59 bits per heavy atom. The van der Waals surface area contributed by atoms with Gasteiger partial charge in [0.05, 0.1) is 18.8 Å². The maximum absolute atomic E-state index is 13.3. The zero-order valence-corrected chi connectivity index (χ0v) is 19.0. The van der Waals surface area contributed by atoms with Crippen molar-refractivity contribution in [1.29, 1.82) is 0 Å². The Morgan fingerprint density at radius 1 is 1.22 bits per heavy atom. The first-order valence-electron chi connectivity index (χ1n) is 11.2. The summed E-state index contributed by atoms with van der Waals surface area (Å²) in [5, 5.41) is 0. The number of carbonyl (C=O) groups excluding carboxylic acids is 1. The second-order valence-electron chi connectivity index (χ2n) is 8.18. The lowest BCUT2D eigenvalue weighted by atomic mass is 10.1. The third kappa shape index (κ3) is 5.28. The third-order valence-corrected chi connectivity index (χ3v) is 5.70. The summed E-state index contributed by atoms with van der Waals surface area (Å²) >= 11 is 0. The van der Waals surface area contributed by atoms with E-state index in [4.69, 9.17) is 10.5 Å². The molecule has 2 atom stereocenters. The van der Waals surface area contributed by atoms with Crippen LogP contribution in [-0.2, 0) is 16.1 Å². The molecule has 9 nitrogen and oxygen atoms in total. The molecule has 0 bridgehead atoms. The van der Waals surface area contributed by atoms with Gasteiger partial charge >= 0.3 is 5.69 Å². The van der Waals surface area contributed by atoms with Crippen molar-refractivity contribution in [2.24, 2.45) is 0 Å². The number of nitrogen functional groups attached to an aromatic ring is 1. The molecule has 0 radical (unpaired) electrons. The van der Waals surface area contributed by atoms with E-state index in [1.54, 1.807) is 6.92 Å². The van der Waals surface area contributed by atoms with E-state index in [1.165, 1.54) is 9.47 Å². The number of rotatable bonds is 8. The molecule has 1 aromatic heterocycles. The molecule has 3 N–H and O–H groups in total. The molecule has 1 aliphatic rings. The molecule has 9 heteroatoms. The number of aromatic amines is 1. The highest BCUT2D eigenvalue weighted by Crippen LogP contribution is 2.25. The predicted octanol–water partition coefficient (Wildman–Crippen LogP) is 1.73. The van der Waals surface area contributed by atoms with Crippen LogP contribution in [0.5, 0.6) is 0 Å². The van der Waals surface area contributed by atoms with Gasteiger partial charge in [-0.05, 0) is 25.8 Å². The van der Waals surface area contributed by atoms with E-state index in [0.717, 1.165) is 18.4 Å². The van der Waals surface area contributed by atoms with Gasteiger partial charge in [0.15, 0.2) is 5.69 Å². The van der Waals surface area contributed by atoms with Crippen molar-refractivity contribution in [2.45, 2.75) is 52.4 Å². The van der Waals surface area contributed by atoms with Gasteiger partial charge in [-0.1, -0.05) is 43.7 Å². The van der Waals surface area contributed by atoms with Crippen LogP contribution in [0.4, 0.5) is 11.5 Å². The molecule has 0 saturated carbocycles. The highest BCUT2D eigenvalue weighted by atomic mass is 16.5. The fourth-order valence-electron chi connectivity index (χ4n) is 4.13. The van der Waals surface area contributed by atoms with Crippen molar-refractivity contribution in [3.63, 3.8) is 0 Å². The average Bonchev–Trinajstić information content (AvgIpc) is 2.76. The van der Waals surface area contributed by atoms with Gasteiger partial charge in [0.1, 0.15) is 5.82 Å². The van der Waals surface area contributed by atoms with E-state index in [1.807, 2.05) is 49.1 Å². The molecule has 2 unspecified atom stereocenters. The first-order valence-corrected chi connectivity index (χ1v) is 11.2. The summed E-state index contributed by atoms with van der Waals surface area (Å²) in [6, 6.07) is 9.92.